The van der Waals surface area contributed by atoms with Gasteiger partial charge in [0.25, 0.3) is 5.91 Å². The van der Waals surface area contributed by atoms with Gasteiger partial charge in [0.1, 0.15) is 0 Å². The number of halogens is 1. The number of primary sulfonamides is 1. The lowest BCUT2D eigenvalue weighted by atomic mass is 10.1. The van der Waals surface area contributed by atoms with Crippen molar-refractivity contribution in [1.29, 1.82) is 0 Å². The number of nitrogens with zero attached hydrogens (tertiary/aromatic N) is 1. The van der Waals surface area contributed by atoms with E-state index in [0.29, 0.717) is 6.54 Å². The Bertz CT molecular complexity index is 640. The number of carbonyl (C=O) groups excluding carboxylic acids is 1. The number of carbonyl (C=O) groups is 1. The highest BCUT2D eigenvalue weighted by Gasteiger charge is 2.28. The lowest BCUT2D eigenvalue weighted by Crippen LogP contribution is -2.38. The van der Waals surface area contributed by atoms with Crippen LogP contribution < -0.4 is 5.14 Å². The van der Waals surface area contributed by atoms with Crippen LogP contribution >= 0.6 is 11.6 Å². The standard InChI is InChI=1S/C14H19ClN2O3S/c1-2-17(10-5-3-4-6-10)14(18)12-9-11(21(16,19)20)7-8-13(12)15/h7-10H,2-6H2,1H3,(H2,16,19,20). The summed E-state index contributed by atoms with van der Waals surface area (Å²) in [7, 11) is -3.86. The first-order valence-electron chi connectivity index (χ1n) is 6.98. The largest absolute Gasteiger partial charge is 0.336 e. The molecule has 21 heavy (non-hydrogen) atoms. The molecule has 0 aromatic heterocycles. The van der Waals surface area contributed by atoms with Gasteiger partial charge in [0, 0.05) is 12.6 Å². The molecule has 1 fully saturated rings. The van der Waals surface area contributed by atoms with Crippen LogP contribution in [0.1, 0.15) is 43.0 Å². The van der Waals surface area contributed by atoms with Gasteiger partial charge in [-0.05, 0) is 38.0 Å². The van der Waals surface area contributed by atoms with Crippen LogP contribution in [0.15, 0.2) is 23.1 Å². The maximum Gasteiger partial charge on any atom is 0.255 e. The molecule has 2 rings (SSSR count). The number of sulfonamides is 1. The number of benzene rings is 1. The lowest BCUT2D eigenvalue weighted by Gasteiger charge is -2.28. The molecule has 5 nitrogen and oxygen atoms in total. The van der Waals surface area contributed by atoms with Crippen LogP contribution in [0.3, 0.4) is 0 Å². The third kappa shape index (κ3) is 3.56. The molecule has 0 unspecified atom stereocenters. The van der Waals surface area contributed by atoms with Gasteiger partial charge >= 0.3 is 0 Å². The van der Waals surface area contributed by atoms with Crippen LogP contribution in [0.25, 0.3) is 0 Å². The second-order valence-electron chi connectivity index (χ2n) is 5.22. The van der Waals surface area contributed by atoms with E-state index in [2.05, 4.69) is 0 Å². The predicted octanol–water partition coefficient (Wildman–Crippen LogP) is 2.39. The zero-order valence-electron chi connectivity index (χ0n) is 11.9. The molecule has 0 aliphatic heterocycles. The van der Waals surface area contributed by atoms with Crippen molar-refractivity contribution < 1.29 is 13.2 Å². The zero-order valence-corrected chi connectivity index (χ0v) is 13.5. The summed E-state index contributed by atoms with van der Waals surface area (Å²) in [4.78, 5) is 14.3. The average Bonchev–Trinajstić information content (AvgIpc) is 2.92. The zero-order chi connectivity index (χ0) is 15.6. The first-order chi connectivity index (χ1) is 9.84. The van der Waals surface area contributed by atoms with E-state index in [-0.39, 0.29) is 27.4 Å². The molecule has 116 valence electrons. The lowest BCUT2D eigenvalue weighted by molar-refractivity contribution is 0.0693. The molecule has 1 saturated carbocycles. The molecule has 1 aliphatic carbocycles. The van der Waals surface area contributed by atoms with E-state index in [1.165, 1.54) is 18.2 Å². The van der Waals surface area contributed by atoms with Crippen LogP contribution in [0.4, 0.5) is 0 Å². The van der Waals surface area contributed by atoms with Gasteiger partial charge in [-0.25, -0.2) is 13.6 Å². The summed E-state index contributed by atoms with van der Waals surface area (Å²) in [5.74, 6) is -0.236. The summed E-state index contributed by atoms with van der Waals surface area (Å²) in [6.45, 7) is 2.48. The molecular formula is C14H19ClN2O3S. The van der Waals surface area contributed by atoms with E-state index < -0.39 is 10.0 Å². The van der Waals surface area contributed by atoms with Crippen molar-refractivity contribution in [2.24, 2.45) is 5.14 Å². The van der Waals surface area contributed by atoms with Gasteiger partial charge in [-0.15, -0.1) is 0 Å². The second-order valence-corrected chi connectivity index (χ2v) is 7.18. The normalized spacial score (nSPS) is 16.1. The Morgan fingerprint density at radius 1 is 1.38 bits per heavy atom. The monoisotopic (exact) mass is 330 g/mol. The Hall–Kier alpha value is -1.11. The van der Waals surface area contributed by atoms with Gasteiger partial charge in [-0.1, -0.05) is 24.4 Å². The molecule has 0 bridgehead atoms. The fraction of sp³-hybridized carbons (Fsp3) is 0.500. The van der Waals surface area contributed by atoms with Crippen molar-refractivity contribution in [3.8, 4) is 0 Å². The Kier molecular flexibility index (Phi) is 4.91. The highest BCUT2D eigenvalue weighted by Crippen LogP contribution is 2.27. The topological polar surface area (TPSA) is 80.5 Å². The molecule has 1 amide bonds. The third-order valence-electron chi connectivity index (χ3n) is 3.86. The van der Waals surface area contributed by atoms with E-state index in [4.69, 9.17) is 16.7 Å². The molecule has 0 heterocycles. The fourth-order valence-corrected chi connectivity index (χ4v) is 3.52. The Morgan fingerprint density at radius 2 is 2.00 bits per heavy atom. The maximum atomic E-state index is 12.7. The SMILES string of the molecule is CCN(C(=O)c1cc(S(N)(=O)=O)ccc1Cl)C1CCCC1. The van der Waals surface area contributed by atoms with Gasteiger partial charge in [-0.3, -0.25) is 4.79 Å². The van der Waals surface area contributed by atoms with E-state index in [0.717, 1.165) is 25.7 Å². The second kappa shape index (κ2) is 6.34. The molecule has 1 aromatic rings. The van der Waals surface area contributed by atoms with Crippen molar-refractivity contribution in [2.75, 3.05) is 6.54 Å². The van der Waals surface area contributed by atoms with Crippen LogP contribution in [0, 0.1) is 0 Å². The molecule has 7 heteroatoms. The molecular weight excluding hydrogens is 312 g/mol. The summed E-state index contributed by atoms with van der Waals surface area (Å²) in [5, 5.41) is 5.35. The van der Waals surface area contributed by atoms with Crippen molar-refractivity contribution in [2.45, 2.75) is 43.5 Å². The minimum absolute atomic E-state index is 0.0993. The molecule has 0 spiro atoms. The molecule has 0 atom stereocenters. The van der Waals surface area contributed by atoms with E-state index in [9.17, 15) is 13.2 Å². The molecule has 0 saturated heterocycles. The number of hydrogen-bond donors (Lipinski definition) is 1. The average molecular weight is 331 g/mol. The number of rotatable bonds is 4. The Balaban J connectivity index is 2.37. The summed E-state index contributed by atoms with van der Waals surface area (Å²) >= 11 is 6.07. The van der Waals surface area contributed by atoms with Gasteiger partial charge in [0.05, 0.1) is 15.5 Å². The fourth-order valence-electron chi connectivity index (χ4n) is 2.78. The van der Waals surface area contributed by atoms with Crippen molar-refractivity contribution in [1.82, 2.24) is 4.90 Å². The van der Waals surface area contributed by atoms with E-state index in [1.807, 2.05) is 6.92 Å². The van der Waals surface area contributed by atoms with Gasteiger partial charge in [0.15, 0.2) is 0 Å². The third-order valence-corrected chi connectivity index (χ3v) is 5.10. The van der Waals surface area contributed by atoms with E-state index in [1.54, 1.807) is 4.90 Å². The number of hydrogen-bond acceptors (Lipinski definition) is 3. The molecule has 0 radical (unpaired) electrons. The van der Waals surface area contributed by atoms with Crippen LogP contribution in [-0.4, -0.2) is 31.8 Å². The first kappa shape index (κ1) is 16.3. The minimum atomic E-state index is -3.86. The van der Waals surface area contributed by atoms with Gasteiger partial charge < -0.3 is 4.90 Å². The van der Waals surface area contributed by atoms with E-state index >= 15 is 0 Å². The summed E-state index contributed by atoms with van der Waals surface area (Å²) < 4.78 is 22.8. The van der Waals surface area contributed by atoms with Crippen molar-refractivity contribution in [3.05, 3.63) is 28.8 Å². The van der Waals surface area contributed by atoms with Crippen molar-refractivity contribution in [3.63, 3.8) is 0 Å². The van der Waals surface area contributed by atoms with Gasteiger partial charge in [-0.2, -0.15) is 0 Å². The molecule has 1 aromatic carbocycles. The highest BCUT2D eigenvalue weighted by molar-refractivity contribution is 7.89. The van der Waals surface area contributed by atoms with Crippen molar-refractivity contribution >= 4 is 27.5 Å². The van der Waals surface area contributed by atoms with Gasteiger partial charge in [0.2, 0.25) is 10.0 Å². The predicted molar refractivity (Wildman–Crippen MR) is 81.8 cm³/mol. The summed E-state index contributed by atoms with van der Waals surface area (Å²) in [5.41, 5.74) is 0.192. The summed E-state index contributed by atoms with van der Waals surface area (Å²) in [6.07, 6.45) is 4.18. The molecule has 2 N–H and O–H groups in total. The Morgan fingerprint density at radius 3 is 2.52 bits per heavy atom. The Labute approximate surface area is 130 Å². The quantitative estimate of drug-likeness (QED) is 0.920. The number of amides is 1. The minimum Gasteiger partial charge on any atom is -0.336 e. The first-order valence-corrected chi connectivity index (χ1v) is 8.90. The smallest absolute Gasteiger partial charge is 0.255 e. The van der Waals surface area contributed by atoms with Crippen LogP contribution in [0.5, 0.6) is 0 Å². The maximum absolute atomic E-state index is 12.7. The van der Waals surface area contributed by atoms with Crippen LogP contribution in [-0.2, 0) is 10.0 Å². The summed E-state index contributed by atoms with van der Waals surface area (Å²) in [6, 6.07) is 4.17. The van der Waals surface area contributed by atoms with Crippen LogP contribution in [0.2, 0.25) is 5.02 Å². The highest BCUT2D eigenvalue weighted by atomic mass is 35.5. The number of nitrogens with two attached hydrogens (primary N) is 1. The molecule has 1 aliphatic rings.